The molecule has 30 heavy (non-hydrogen) atoms. The van der Waals surface area contributed by atoms with Crippen LogP contribution >= 0.6 is 0 Å². The van der Waals surface area contributed by atoms with Crippen molar-refractivity contribution in [1.29, 1.82) is 0 Å². The maximum absolute atomic E-state index is 12.3. The number of aliphatic carboxylic acids is 1. The molecule has 0 spiro atoms. The number of alkyl carbamates (subject to hydrolysis) is 1. The van der Waals surface area contributed by atoms with Crippen LogP contribution in [0.2, 0.25) is 0 Å². The third-order valence-electron chi connectivity index (χ3n) is 5.98. The van der Waals surface area contributed by atoms with Gasteiger partial charge in [-0.2, -0.15) is 0 Å². The summed E-state index contributed by atoms with van der Waals surface area (Å²) in [6.07, 6.45) is 4.61. The van der Waals surface area contributed by atoms with Crippen molar-refractivity contribution in [3.05, 3.63) is 59.7 Å². The fourth-order valence-corrected chi connectivity index (χ4v) is 4.42. The van der Waals surface area contributed by atoms with Gasteiger partial charge in [0, 0.05) is 5.92 Å². The Balaban J connectivity index is 1.35. The van der Waals surface area contributed by atoms with Crippen LogP contribution in [0.15, 0.2) is 48.5 Å². The predicted octanol–water partition coefficient (Wildman–Crippen LogP) is 4.33. The lowest BCUT2D eigenvalue weighted by Crippen LogP contribution is -2.45. The van der Waals surface area contributed by atoms with Gasteiger partial charge < -0.3 is 19.9 Å². The smallest absolute Gasteiger partial charge is 0.407 e. The van der Waals surface area contributed by atoms with E-state index >= 15 is 0 Å². The second-order valence-electron chi connectivity index (χ2n) is 7.95. The highest BCUT2D eigenvalue weighted by Crippen LogP contribution is 2.44. The number of carbonyl (C=O) groups is 2. The number of nitrogens with one attached hydrogen (secondary N) is 1. The molecule has 0 bridgehead atoms. The normalized spacial score (nSPS) is 17.1. The van der Waals surface area contributed by atoms with E-state index in [1.54, 1.807) is 0 Å². The van der Waals surface area contributed by atoms with Crippen molar-refractivity contribution in [2.75, 3.05) is 13.2 Å². The molecule has 1 atom stereocenters. The number of rotatable bonds is 7. The summed E-state index contributed by atoms with van der Waals surface area (Å²) in [7, 11) is 0. The zero-order valence-electron chi connectivity index (χ0n) is 16.9. The third-order valence-corrected chi connectivity index (χ3v) is 5.98. The van der Waals surface area contributed by atoms with Crippen LogP contribution < -0.4 is 5.32 Å². The summed E-state index contributed by atoms with van der Waals surface area (Å²) >= 11 is 0. The molecule has 2 aliphatic carbocycles. The van der Waals surface area contributed by atoms with Crippen LogP contribution in [0.4, 0.5) is 4.79 Å². The average molecular weight is 409 g/mol. The molecule has 6 nitrogen and oxygen atoms in total. The van der Waals surface area contributed by atoms with E-state index in [4.69, 9.17) is 9.47 Å². The molecule has 1 saturated carbocycles. The van der Waals surface area contributed by atoms with Crippen molar-refractivity contribution in [2.45, 2.75) is 50.2 Å². The largest absolute Gasteiger partial charge is 0.480 e. The van der Waals surface area contributed by atoms with E-state index in [0.29, 0.717) is 0 Å². The van der Waals surface area contributed by atoms with Crippen LogP contribution in [0.5, 0.6) is 0 Å². The zero-order valence-corrected chi connectivity index (χ0v) is 16.9. The lowest BCUT2D eigenvalue weighted by molar-refractivity contribution is -0.141. The lowest BCUT2D eigenvalue weighted by atomic mass is 9.98. The van der Waals surface area contributed by atoms with Crippen molar-refractivity contribution in [3.8, 4) is 11.1 Å². The summed E-state index contributed by atoms with van der Waals surface area (Å²) in [5, 5.41) is 11.9. The van der Waals surface area contributed by atoms with E-state index in [2.05, 4.69) is 17.4 Å². The minimum absolute atomic E-state index is 0.0514. The fourth-order valence-electron chi connectivity index (χ4n) is 4.42. The summed E-state index contributed by atoms with van der Waals surface area (Å²) in [6.45, 7) is 0.0971. The van der Waals surface area contributed by atoms with Crippen LogP contribution in [0.25, 0.3) is 11.1 Å². The highest BCUT2D eigenvalue weighted by atomic mass is 16.6. The van der Waals surface area contributed by atoms with Crippen LogP contribution in [0.1, 0.15) is 49.1 Å². The van der Waals surface area contributed by atoms with Gasteiger partial charge in [-0.3, -0.25) is 0 Å². The first-order valence-electron chi connectivity index (χ1n) is 10.6. The molecule has 2 aliphatic rings. The molecular weight excluding hydrogens is 382 g/mol. The molecule has 0 radical (unpaired) electrons. The van der Waals surface area contributed by atoms with Gasteiger partial charge in [-0.15, -0.1) is 0 Å². The first kappa shape index (κ1) is 20.4. The number of ether oxygens (including phenoxy) is 2. The monoisotopic (exact) mass is 409 g/mol. The molecule has 6 heteroatoms. The number of amides is 1. The van der Waals surface area contributed by atoms with E-state index in [0.717, 1.165) is 47.9 Å². The van der Waals surface area contributed by atoms with Gasteiger partial charge in [-0.25, -0.2) is 9.59 Å². The number of carboxylic acids is 1. The lowest BCUT2D eigenvalue weighted by Gasteiger charge is -2.24. The summed E-state index contributed by atoms with van der Waals surface area (Å²) in [4.78, 5) is 23.9. The molecule has 2 aromatic rings. The Labute approximate surface area is 176 Å². The highest BCUT2D eigenvalue weighted by molar-refractivity contribution is 5.81. The molecule has 0 heterocycles. The summed E-state index contributed by atoms with van der Waals surface area (Å²) in [5.74, 6) is -1.19. The van der Waals surface area contributed by atoms with E-state index < -0.39 is 18.1 Å². The maximum Gasteiger partial charge on any atom is 0.407 e. The van der Waals surface area contributed by atoms with Gasteiger partial charge in [-0.1, -0.05) is 67.8 Å². The van der Waals surface area contributed by atoms with Gasteiger partial charge in [0.15, 0.2) is 6.04 Å². The molecule has 4 rings (SSSR count). The number of hydrogen-bond donors (Lipinski definition) is 2. The van der Waals surface area contributed by atoms with Crippen molar-refractivity contribution in [3.63, 3.8) is 0 Å². The van der Waals surface area contributed by atoms with Gasteiger partial charge in [0.1, 0.15) is 6.61 Å². The Hall–Kier alpha value is -2.86. The molecule has 1 fully saturated rings. The Morgan fingerprint density at radius 1 is 0.967 bits per heavy atom. The van der Waals surface area contributed by atoms with Gasteiger partial charge in [0.25, 0.3) is 0 Å². The van der Waals surface area contributed by atoms with Gasteiger partial charge in [-0.05, 0) is 35.1 Å². The van der Waals surface area contributed by atoms with Crippen molar-refractivity contribution in [1.82, 2.24) is 5.32 Å². The molecule has 0 saturated heterocycles. The maximum atomic E-state index is 12.3. The Kier molecular flexibility index (Phi) is 6.33. The molecule has 0 aliphatic heterocycles. The van der Waals surface area contributed by atoms with Crippen molar-refractivity contribution in [2.24, 2.45) is 0 Å². The first-order chi connectivity index (χ1) is 14.6. The summed E-state index contributed by atoms with van der Waals surface area (Å²) in [6, 6.07) is 15.0. The molecule has 2 aromatic carbocycles. The fraction of sp³-hybridized carbons (Fsp3) is 0.417. The summed E-state index contributed by atoms with van der Waals surface area (Å²) < 4.78 is 11.2. The van der Waals surface area contributed by atoms with Gasteiger partial charge >= 0.3 is 12.1 Å². The van der Waals surface area contributed by atoms with Gasteiger partial charge in [0.2, 0.25) is 0 Å². The molecule has 0 aromatic heterocycles. The number of carboxylic acid groups (broad SMARTS) is 1. The van der Waals surface area contributed by atoms with Crippen LogP contribution in [-0.2, 0) is 14.3 Å². The second-order valence-corrected chi connectivity index (χ2v) is 7.95. The predicted molar refractivity (Wildman–Crippen MR) is 112 cm³/mol. The standard InChI is InChI=1S/C24H27NO5/c26-23(27)22(15-29-16-8-2-1-3-9-16)25-24(28)30-14-21-19-12-6-4-10-17(19)18-11-5-7-13-20(18)21/h4-7,10-13,16,21-22H,1-3,8-9,14-15H2,(H,25,28)(H,26,27)/t22-/m0/s1. The topological polar surface area (TPSA) is 84.9 Å². The van der Waals surface area contributed by atoms with E-state index in [1.165, 1.54) is 6.42 Å². The van der Waals surface area contributed by atoms with Crippen LogP contribution in [0.3, 0.4) is 0 Å². The highest BCUT2D eigenvalue weighted by Gasteiger charge is 2.30. The third kappa shape index (κ3) is 4.49. The molecule has 0 unspecified atom stereocenters. The number of hydrogen-bond acceptors (Lipinski definition) is 4. The summed E-state index contributed by atoms with van der Waals surface area (Å²) in [5.41, 5.74) is 4.52. The molecule has 1 amide bonds. The number of benzene rings is 2. The van der Waals surface area contributed by atoms with Gasteiger partial charge in [0.05, 0.1) is 12.7 Å². The zero-order chi connectivity index (χ0) is 20.9. The van der Waals surface area contributed by atoms with Crippen molar-refractivity contribution < 1.29 is 24.2 Å². The minimum Gasteiger partial charge on any atom is -0.480 e. The SMILES string of the molecule is O=C(N[C@@H](COC1CCCCC1)C(=O)O)OCC1c2ccccc2-c2ccccc21. The average Bonchev–Trinajstić information content (AvgIpc) is 3.09. The first-order valence-corrected chi connectivity index (χ1v) is 10.6. The van der Waals surface area contributed by atoms with Crippen LogP contribution in [0, 0.1) is 0 Å². The Bertz CT molecular complexity index is 860. The molecule has 2 N–H and O–H groups in total. The number of carbonyl (C=O) groups excluding carboxylic acids is 1. The number of fused-ring (bicyclic) bond motifs is 3. The molecule has 158 valence electrons. The molecular formula is C24H27NO5. The quantitative estimate of drug-likeness (QED) is 0.711. The Morgan fingerprint density at radius 2 is 1.57 bits per heavy atom. The minimum atomic E-state index is -1.13. The Morgan fingerprint density at radius 3 is 2.17 bits per heavy atom. The second kappa shape index (κ2) is 9.30. The van der Waals surface area contributed by atoms with E-state index in [1.807, 2.05) is 36.4 Å². The van der Waals surface area contributed by atoms with Crippen molar-refractivity contribution >= 4 is 12.1 Å². The van der Waals surface area contributed by atoms with Crippen LogP contribution in [-0.4, -0.2) is 42.5 Å². The van der Waals surface area contributed by atoms with E-state index in [9.17, 15) is 14.7 Å². The van der Waals surface area contributed by atoms with E-state index in [-0.39, 0.29) is 25.2 Å².